The molecule has 2 bridgehead atoms. The number of aryl methyl sites for hydroxylation is 1. The van der Waals surface area contributed by atoms with Gasteiger partial charge in [-0.2, -0.15) is 0 Å². The Balaban J connectivity index is 1.70. The Labute approximate surface area is 156 Å². The minimum Gasteiger partial charge on any atom is -0.492 e. The van der Waals surface area contributed by atoms with E-state index in [9.17, 15) is 9.90 Å². The summed E-state index contributed by atoms with van der Waals surface area (Å²) in [7, 11) is 0. The molecule has 1 unspecified atom stereocenters. The highest BCUT2D eigenvalue weighted by molar-refractivity contribution is 5.77. The maximum atomic E-state index is 12.0. The van der Waals surface area contributed by atoms with Gasteiger partial charge in [0.25, 0.3) is 0 Å². The van der Waals surface area contributed by atoms with Crippen molar-refractivity contribution in [2.75, 3.05) is 39.4 Å². The number of rotatable bonds is 1. The largest absolute Gasteiger partial charge is 0.492 e. The Morgan fingerprint density at radius 2 is 1.88 bits per heavy atom. The van der Waals surface area contributed by atoms with Crippen LogP contribution >= 0.6 is 0 Å². The Morgan fingerprint density at radius 1 is 1.08 bits per heavy atom. The number of aliphatic hydroxyl groups excluding tert-OH is 1. The molecule has 0 saturated carbocycles. The van der Waals surface area contributed by atoms with E-state index in [1.165, 1.54) is 37.8 Å². The number of amides is 1. The minimum absolute atomic E-state index is 0.206. The molecule has 5 heteroatoms. The molecule has 1 saturated heterocycles. The topological polar surface area (TPSA) is 53.0 Å². The second kappa shape index (κ2) is 9.93. The summed E-state index contributed by atoms with van der Waals surface area (Å²) in [6.07, 6.45) is 8.30. The molecular weight excluding hydrogens is 328 g/mol. The highest BCUT2D eigenvalue weighted by Crippen LogP contribution is 2.23. The molecule has 3 rings (SSSR count). The first-order chi connectivity index (χ1) is 12.8. The summed E-state index contributed by atoms with van der Waals surface area (Å²) in [4.78, 5) is 16.4. The molecule has 1 aromatic carbocycles. The molecule has 0 aliphatic carbocycles. The van der Waals surface area contributed by atoms with Crippen LogP contribution in [-0.4, -0.2) is 66.2 Å². The summed E-state index contributed by atoms with van der Waals surface area (Å²) in [5.74, 6) is 0.664. The van der Waals surface area contributed by atoms with Crippen molar-refractivity contribution in [2.45, 2.75) is 51.0 Å². The van der Waals surface area contributed by atoms with Gasteiger partial charge in [-0.25, -0.2) is 0 Å². The first-order valence-corrected chi connectivity index (χ1v) is 10.1. The van der Waals surface area contributed by atoms with Crippen LogP contribution in [0.15, 0.2) is 24.3 Å². The lowest BCUT2D eigenvalue weighted by Gasteiger charge is -2.36. The van der Waals surface area contributed by atoms with Crippen LogP contribution < -0.4 is 4.74 Å². The van der Waals surface area contributed by atoms with Crippen LogP contribution in [0.2, 0.25) is 0 Å². The number of carbonyl (C=O) groups is 1. The predicted octanol–water partition coefficient (Wildman–Crippen LogP) is 2.47. The van der Waals surface area contributed by atoms with Crippen LogP contribution in [0.25, 0.3) is 0 Å². The minimum atomic E-state index is -0.427. The molecule has 2 aliphatic rings. The van der Waals surface area contributed by atoms with E-state index in [0.717, 1.165) is 31.6 Å². The number of nitrogens with zero attached hydrogens (tertiary/aromatic N) is 2. The quantitative estimate of drug-likeness (QED) is 0.836. The van der Waals surface area contributed by atoms with E-state index in [0.29, 0.717) is 25.7 Å². The summed E-state index contributed by atoms with van der Waals surface area (Å²) in [5.41, 5.74) is 1.33. The number of carbonyl (C=O) groups excluding carboxylic acids is 1. The molecule has 1 fully saturated rings. The molecule has 0 aromatic heterocycles. The van der Waals surface area contributed by atoms with Crippen molar-refractivity contribution >= 4 is 5.91 Å². The van der Waals surface area contributed by atoms with Crippen molar-refractivity contribution in [3.8, 4) is 5.75 Å². The van der Waals surface area contributed by atoms with Crippen molar-refractivity contribution in [3.05, 3.63) is 29.8 Å². The van der Waals surface area contributed by atoms with E-state index in [2.05, 4.69) is 23.1 Å². The lowest BCUT2D eigenvalue weighted by Crippen LogP contribution is -2.41. The zero-order valence-electron chi connectivity index (χ0n) is 15.7. The average Bonchev–Trinajstić information content (AvgIpc) is 2.68. The Morgan fingerprint density at radius 3 is 2.73 bits per heavy atom. The van der Waals surface area contributed by atoms with Crippen LogP contribution in [0.1, 0.15) is 44.1 Å². The lowest BCUT2D eigenvalue weighted by molar-refractivity contribution is -0.134. The number of benzene rings is 1. The molecule has 0 spiro atoms. The van der Waals surface area contributed by atoms with Crippen LogP contribution in [0.3, 0.4) is 0 Å². The first-order valence-electron chi connectivity index (χ1n) is 10.1. The third-order valence-corrected chi connectivity index (χ3v) is 5.66. The smallest absolute Gasteiger partial charge is 0.248 e. The van der Waals surface area contributed by atoms with Gasteiger partial charge in [0.15, 0.2) is 0 Å². The van der Waals surface area contributed by atoms with Gasteiger partial charge < -0.3 is 19.6 Å². The molecule has 1 atom stereocenters. The van der Waals surface area contributed by atoms with Crippen molar-refractivity contribution in [3.63, 3.8) is 0 Å². The van der Waals surface area contributed by atoms with E-state index in [1.54, 1.807) is 4.90 Å². The van der Waals surface area contributed by atoms with Crippen molar-refractivity contribution in [2.24, 2.45) is 0 Å². The number of hydrogen-bond donors (Lipinski definition) is 1. The van der Waals surface area contributed by atoms with E-state index in [4.69, 9.17) is 4.74 Å². The van der Waals surface area contributed by atoms with E-state index in [-0.39, 0.29) is 5.91 Å². The van der Waals surface area contributed by atoms with Crippen LogP contribution in [0.5, 0.6) is 5.75 Å². The fourth-order valence-corrected chi connectivity index (χ4v) is 4.16. The highest BCUT2D eigenvalue weighted by Gasteiger charge is 2.22. The highest BCUT2D eigenvalue weighted by atomic mass is 16.5. The van der Waals surface area contributed by atoms with Crippen molar-refractivity contribution in [1.82, 2.24) is 9.80 Å². The second-order valence-corrected chi connectivity index (χ2v) is 7.47. The van der Waals surface area contributed by atoms with Crippen LogP contribution in [0.4, 0.5) is 0 Å². The van der Waals surface area contributed by atoms with Crippen molar-refractivity contribution in [1.29, 1.82) is 0 Å². The zero-order valence-corrected chi connectivity index (χ0v) is 15.7. The maximum absolute atomic E-state index is 12.0. The monoisotopic (exact) mass is 360 g/mol. The fourth-order valence-electron chi connectivity index (χ4n) is 4.16. The number of hydrogen-bond acceptors (Lipinski definition) is 4. The summed E-state index contributed by atoms with van der Waals surface area (Å²) in [6.45, 7) is 3.57. The molecule has 26 heavy (non-hydrogen) atoms. The van der Waals surface area contributed by atoms with Crippen LogP contribution in [0, 0.1) is 0 Å². The third-order valence-electron chi connectivity index (χ3n) is 5.66. The van der Waals surface area contributed by atoms with Gasteiger partial charge in [0.1, 0.15) is 19.0 Å². The number of piperidine rings is 1. The van der Waals surface area contributed by atoms with Gasteiger partial charge in [0.2, 0.25) is 5.91 Å². The Hall–Kier alpha value is -1.59. The van der Waals surface area contributed by atoms with Gasteiger partial charge in [0, 0.05) is 12.6 Å². The Kier molecular flexibility index (Phi) is 7.32. The normalized spacial score (nSPS) is 23.3. The van der Waals surface area contributed by atoms with Gasteiger partial charge in [-0.05, 0) is 69.3 Å². The Bertz CT molecular complexity index is 578. The van der Waals surface area contributed by atoms with Gasteiger partial charge in [0.05, 0.1) is 6.54 Å². The summed E-state index contributed by atoms with van der Waals surface area (Å²) in [5, 5.41) is 9.22. The summed E-state index contributed by atoms with van der Waals surface area (Å²) >= 11 is 0. The number of fused-ring (bicyclic) bond motifs is 3. The van der Waals surface area contributed by atoms with E-state index < -0.39 is 6.61 Å². The van der Waals surface area contributed by atoms with Gasteiger partial charge in [-0.15, -0.1) is 0 Å². The summed E-state index contributed by atoms with van der Waals surface area (Å²) in [6, 6.07) is 9.02. The molecule has 1 N–H and O–H groups in total. The molecule has 1 aromatic rings. The number of aliphatic hydroxyl groups is 1. The van der Waals surface area contributed by atoms with Gasteiger partial charge >= 0.3 is 0 Å². The molecule has 5 nitrogen and oxygen atoms in total. The van der Waals surface area contributed by atoms with Crippen molar-refractivity contribution < 1.29 is 14.6 Å². The SMILES string of the molecule is O=C(CO)N1CCCCN2CCCCC2CCc2cccc(c2)OCC1. The number of ether oxygens (including phenoxy) is 1. The second-order valence-electron chi connectivity index (χ2n) is 7.47. The molecule has 2 aliphatic heterocycles. The summed E-state index contributed by atoms with van der Waals surface area (Å²) < 4.78 is 5.87. The first kappa shape index (κ1) is 19.2. The van der Waals surface area contributed by atoms with E-state index in [1.807, 2.05) is 6.07 Å². The van der Waals surface area contributed by atoms with Crippen LogP contribution in [-0.2, 0) is 11.2 Å². The predicted molar refractivity (Wildman–Crippen MR) is 102 cm³/mol. The standard InChI is InChI=1S/C21H32N2O3/c24-17-21(25)23-13-4-3-12-22-11-2-1-7-19(22)10-9-18-6-5-8-20(16-18)26-15-14-23/h5-6,8,16,19,24H,1-4,7,9-15,17H2. The molecule has 0 radical (unpaired) electrons. The molecule has 1 amide bonds. The maximum Gasteiger partial charge on any atom is 0.248 e. The molecule has 144 valence electrons. The fraction of sp³-hybridized carbons (Fsp3) is 0.667. The lowest BCUT2D eigenvalue weighted by atomic mass is 9.95. The van der Waals surface area contributed by atoms with E-state index >= 15 is 0 Å². The van der Waals surface area contributed by atoms with Gasteiger partial charge in [-0.1, -0.05) is 18.6 Å². The third kappa shape index (κ3) is 5.45. The van der Waals surface area contributed by atoms with Gasteiger partial charge in [-0.3, -0.25) is 4.79 Å². The molecular formula is C21H32N2O3. The molecule has 2 heterocycles. The zero-order chi connectivity index (χ0) is 18.2. The average molecular weight is 360 g/mol.